The molecule has 1 unspecified atom stereocenters. The number of benzene rings is 2. The predicted molar refractivity (Wildman–Crippen MR) is 123 cm³/mol. The summed E-state index contributed by atoms with van der Waals surface area (Å²) in [4.78, 5) is 17.1. The van der Waals surface area contributed by atoms with Gasteiger partial charge in [-0.2, -0.15) is 0 Å². The van der Waals surface area contributed by atoms with Crippen molar-refractivity contribution in [2.75, 3.05) is 47.0 Å². The van der Waals surface area contributed by atoms with E-state index in [1.165, 1.54) is 0 Å². The van der Waals surface area contributed by atoms with Crippen LogP contribution in [0.2, 0.25) is 0 Å². The van der Waals surface area contributed by atoms with E-state index in [4.69, 9.17) is 14.2 Å². The highest BCUT2D eigenvalue weighted by molar-refractivity contribution is 5.81. The summed E-state index contributed by atoms with van der Waals surface area (Å²) in [5.41, 5.74) is 3.11. The van der Waals surface area contributed by atoms with Gasteiger partial charge in [-0.05, 0) is 68.2 Å². The number of carbonyl (C=O) groups is 1. The minimum Gasteiger partial charge on any atom is -0.497 e. The largest absolute Gasteiger partial charge is 0.497 e. The quantitative estimate of drug-likeness (QED) is 0.689. The molecular weight excluding hydrogens is 404 g/mol. The van der Waals surface area contributed by atoms with Gasteiger partial charge >= 0.3 is 0 Å². The second-order valence-corrected chi connectivity index (χ2v) is 9.31. The first-order valence-corrected chi connectivity index (χ1v) is 11.6. The number of likely N-dealkylation sites (tertiary alicyclic amines) is 1. The average Bonchev–Trinajstić information content (AvgIpc) is 3.61. The Hall–Kier alpha value is -2.73. The van der Waals surface area contributed by atoms with Gasteiger partial charge in [-0.3, -0.25) is 4.79 Å². The van der Waals surface area contributed by atoms with Crippen LogP contribution >= 0.6 is 0 Å². The standard InChI is InChI=1S/C26H32N2O4/c1-27-9-8-18(15-27)17-32-24-14-21(20-4-3-5-23(13-20)30-2)12-22-16-28(10-11-31-25(22)24)26(29)19-6-7-19/h3-5,12-14,18-19H,6-11,15-17H2,1-2H3. The van der Waals surface area contributed by atoms with Gasteiger partial charge < -0.3 is 24.0 Å². The Morgan fingerprint density at radius 2 is 2.00 bits per heavy atom. The first-order valence-electron chi connectivity index (χ1n) is 11.6. The molecule has 5 rings (SSSR count). The molecule has 2 aromatic carbocycles. The third-order valence-corrected chi connectivity index (χ3v) is 6.71. The molecule has 0 spiro atoms. The van der Waals surface area contributed by atoms with Crippen LogP contribution in [0, 0.1) is 11.8 Å². The highest BCUT2D eigenvalue weighted by Crippen LogP contribution is 2.40. The third kappa shape index (κ3) is 4.56. The minimum absolute atomic E-state index is 0.202. The first kappa shape index (κ1) is 21.1. The van der Waals surface area contributed by atoms with Gasteiger partial charge in [0.25, 0.3) is 0 Å². The zero-order valence-corrected chi connectivity index (χ0v) is 19.0. The van der Waals surface area contributed by atoms with E-state index in [1.807, 2.05) is 23.1 Å². The molecule has 0 N–H and O–H groups in total. The van der Waals surface area contributed by atoms with Crippen molar-refractivity contribution in [1.82, 2.24) is 9.80 Å². The van der Waals surface area contributed by atoms with Crippen LogP contribution in [-0.4, -0.2) is 62.7 Å². The number of rotatable bonds is 6. The molecule has 2 fully saturated rings. The van der Waals surface area contributed by atoms with Crippen molar-refractivity contribution in [2.45, 2.75) is 25.8 Å². The minimum atomic E-state index is 0.202. The molecule has 32 heavy (non-hydrogen) atoms. The second-order valence-electron chi connectivity index (χ2n) is 9.31. The van der Waals surface area contributed by atoms with E-state index >= 15 is 0 Å². The first-order chi connectivity index (χ1) is 15.6. The van der Waals surface area contributed by atoms with Crippen molar-refractivity contribution >= 4 is 5.91 Å². The topological polar surface area (TPSA) is 51.2 Å². The zero-order valence-electron chi connectivity index (χ0n) is 19.0. The van der Waals surface area contributed by atoms with E-state index in [1.54, 1.807) is 7.11 Å². The van der Waals surface area contributed by atoms with Crippen LogP contribution in [0.4, 0.5) is 0 Å². The molecule has 1 saturated carbocycles. The van der Waals surface area contributed by atoms with E-state index in [2.05, 4.69) is 30.1 Å². The number of hydrogen-bond acceptors (Lipinski definition) is 5. The van der Waals surface area contributed by atoms with Crippen LogP contribution < -0.4 is 14.2 Å². The van der Waals surface area contributed by atoms with Crippen LogP contribution in [0.25, 0.3) is 11.1 Å². The van der Waals surface area contributed by atoms with Crippen LogP contribution in [0.15, 0.2) is 36.4 Å². The van der Waals surface area contributed by atoms with Crippen molar-refractivity contribution in [2.24, 2.45) is 11.8 Å². The van der Waals surface area contributed by atoms with Gasteiger partial charge in [0, 0.05) is 30.5 Å². The molecule has 2 heterocycles. The number of methoxy groups -OCH3 is 1. The fraction of sp³-hybridized carbons (Fsp3) is 0.500. The predicted octanol–water partition coefficient (Wildman–Crippen LogP) is 3.82. The molecule has 6 nitrogen and oxygen atoms in total. The maximum Gasteiger partial charge on any atom is 0.226 e. The Bertz CT molecular complexity index is 988. The summed E-state index contributed by atoms with van der Waals surface area (Å²) in [5.74, 6) is 3.35. The third-order valence-electron chi connectivity index (χ3n) is 6.71. The van der Waals surface area contributed by atoms with Gasteiger partial charge in [-0.25, -0.2) is 0 Å². The number of fused-ring (bicyclic) bond motifs is 1. The molecule has 1 aliphatic carbocycles. The molecule has 1 saturated heterocycles. The molecule has 1 atom stereocenters. The summed E-state index contributed by atoms with van der Waals surface area (Å²) in [7, 11) is 3.84. The zero-order chi connectivity index (χ0) is 22.1. The average molecular weight is 437 g/mol. The lowest BCUT2D eigenvalue weighted by Crippen LogP contribution is -2.33. The van der Waals surface area contributed by atoms with Crippen LogP contribution in [-0.2, 0) is 11.3 Å². The van der Waals surface area contributed by atoms with Crippen molar-refractivity contribution in [3.8, 4) is 28.4 Å². The monoisotopic (exact) mass is 436 g/mol. The molecule has 1 amide bonds. The number of amides is 1. The second kappa shape index (κ2) is 9.02. The van der Waals surface area contributed by atoms with Gasteiger partial charge in [0.2, 0.25) is 5.91 Å². The van der Waals surface area contributed by atoms with Crippen molar-refractivity contribution in [3.05, 3.63) is 42.0 Å². The molecule has 6 heteroatoms. The van der Waals surface area contributed by atoms with Crippen LogP contribution in [0.3, 0.4) is 0 Å². The smallest absolute Gasteiger partial charge is 0.226 e. The van der Waals surface area contributed by atoms with Gasteiger partial charge in [-0.15, -0.1) is 0 Å². The van der Waals surface area contributed by atoms with Gasteiger partial charge in [0.15, 0.2) is 11.5 Å². The molecule has 2 aromatic rings. The van der Waals surface area contributed by atoms with E-state index in [9.17, 15) is 4.79 Å². The molecular formula is C26H32N2O4. The van der Waals surface area contributed by atoms with Gasteiger partial charge in [-0.1, -0.05) is 12.1 Å². The van der Waals surface area contributed by atoms with E-state index < -0.39 is 0 Å². The Labute approximate surface area is 190 Å². The maximum atomic E-state index is 12.8. The highest BCUT2D eigenvalue weighted by Gasteiger charge is 2.35. The Kier molecular flexibility index (Phi) is 5.96. The SMILES string of the molecule is COc1cccc(-c2cc3c(c(OCC4CCN(C)C4)c2)OCCN(C(=O)C2CC2)C3)c1. The maximum absolute atomic E-state index is 12.8. The van der Waals surface area contributed by atoms with E-state index in [-0.39, 0.29) is 11.8 Å². The Balaban J connectivity index is 1.47. The highest BCUT2D eigenvalue weighted by atomic mass is 16.5. The Morgan fingerprint density at radius 3 is 2.75 bits per heavy atom. The lowest BCUT2D eigenvalue weighted by molar-refractivity contribution is -0.133. The fourth-order valence-electron chi connectivity index (χ4n) is 4.71. The lowest BCUT2D eigenvalue weighted by atomic mass is 10.0. The van der Waals surface area contributed by atoms with Crippen molar-refractivity contribution < 1.29 is 19.0 Å². The normalized spacial score (nSPS) is 20.9. The fourth-order valence-corrected chi connectivity index (χ4v) is 4.71. The van der Waals surface area contributed by atoms with Crippen LogP contribution in [0.5, 0.6) is 17.2 Å². The van der Waals surface area contributed by atoms with Gasteiger partial charge in [0.1, 0.15) is 12.4 Å². The molecule has 170 valence electrons. The van der Waals surface area contributed by atoms with Crippen molar-refractivity contribution in [3.63, 3.8) is 0 Å². The van der Waals surface area contributed by atoms with E-state index in [0.717, 1.165) is 66.3 Å². The molecule has 0 radical (unpaired) electrons. The van der Waals surface area contributed by atoms with Crippen LogP contribution in [0.1, 0.15) is 24.8 Å². The summed E-state index contributed by atoms with van der Waals surface area (Å²) in [6.07, 6.45) is 3.17. The number of nitrogens with zero attached hydrogens (tertiary/aromatic N) is 2. The number of hydrogen-bond donors (Lipinski definition) is 0. The summed E-state index contributed by atoms with van der Waals surface area (Å²) in [5, 5.41) is 0. The van der Waals surface area contributed by atoms with Gasteiger partial charge in [0.05, 0.1) is 20.3 Å². The number of carbonyl (C=O) groups excluding carboxylic acids is 1. The molecule has 0 bridgehead atoms. The molecule has 3 aliphatic rings. The lowest BCUT2D eigenvalue weighted by Gasteiger charge is -2.21. The Morgan fingerprint density at radius 1 is 1.12 bits per heavy atom. The summed E-state index contributed by atoms with van der Waals surface area (Å²) >= 11 is 0. The molecule has 0 aromatic heterocycles. The summed E-state index contributed by atoms with van der Waals surface area (Å²) in [6.45, 7) is 4.52. The van der Waals surface area contributed by atoms with E-state index in [0.29, 0.717) is 32.2 Å². The molecule has 2 aliphatic heterocycles. The summed E-state index contributed by atoms with van der Waals surface area (Å²) < 4.78 is 18.0. The number of ether oxygens (including phenoxy) is 3. The summed E-state index contributed by atoms with van der Waals surface area (Å²) in [6, 6.07) is 12.3. The van der Waals surface area contributed by atoms with Crippen molar-refractivity contribution in [1.29, 1.82) is 0 Å².